The van der Waals surface area contributed by atoms with E-state index in [1.54, 1.807) is 17.8 Å². The number of aromatic nitrogens is 3. The number of halogens is 1. The second-order valence-corrected chi connectivity index (χ2v) is 5.51. The summed E-state index contributed by atoms with van der Waals surface area (Å²) in [5.74, 6) is -0.996. The van der Waals surface area contributed by atoms with Crippen LogP contribution in [-0.2, 0) is 6.54 Å². The average molecular weight is 346 g/mol. The summed E-state index contributed by atoms with van der Waals surface area (Å²) in [7, 11) is 0. The molecule has 1 N–H and O–H groups in total. The first kappa shape index (κ1) is 13.8. The van der Waals surface area contributed by atoms with E-state index in [0.29, 0.717) is 27.7 Å². The van der Waals surface area contributed by atoms with Gasteiger partial charge in [0.2, 0.25) is 0 Å². The number of aromatic carboxylic acids is 1. The van der Waals surface area contributed by atoms with Crippen LogP contribution in [0.5, 0.6) is 0 Å². The van der Waals surface area contributed by atoms with E-state index in [1.807, 2.05) is 30.3 Å². The Kier molecular flexibility index (Phi) is 3.47. The van der Waals surface area contributed by atoms with Crippen molar-refractivity contribution >= 4 is 32.9 Å². The van der Waals surface area contributed by atoms with Crippen LogP contribution < -0.4 is 0 Å². The summed E-state index contributed by atoms with van der Waals surface area (Å²) >= 11 is 3.36. The van der Waals surface area contributed by atoms with E-state index in [-0.39, 0.29) is 5.56 Å². The number of nitrogens with zero attached hydrogens (tertiary/aromatic N) is 3. The lowest BCUT2D eigenvalue weighted by Gasteiger charge is -2.07. The first-order valence-corrected chi connectivity index (χ1v) is 7.16. The molecular formula is C15H12BrN3O2. The predicted molar refractivity (Wildman–Crippen MR) is 82.5 cm³/mol. The molecular weight excluding hydrogens is 334 g/mol. The number of carbonyl (C=O) groups is 1. The fourth-order valence-electron chi connectivity index (χ4n) is 2.28. The van der Waals surface area contributed by atoms with Crippen molar-refractivity contribution < 1.29 is 9.90 Å². The third-order valence-corrected chi connectivity index (χ3v) is 4.12. The molecule has 5 nitrogen and oxygen atoms in total. The number of hydrogen-bond acceptors (Lipinski definition) is 3. The Morgan fingerprint density at radius 1 is 1.33 bits per heavy atom. The molecule has 0 spiro atoms. The summed E-state index contributed by atoms with van der Waals surface area (Å²) in [4.78, 5) is 15.7. The SMILES string of the molecule is Cc1nc2c(cnn2Cc2ccccc2)c(Br)c1C(=O)O. The van der Waals surface area contributed by atoms with Gasteiger partial charge in [-0.15, -0.1) is 0 Å². The molecule has 0 bridgehead atoms. The van der Waals surface area contributed by atoms with Crippen molar-refractivity contribution in [1.29, 1.82) is 0 Å². The van der Waals surface area contributed by atoms with Gasteiger partial charge in [-0.3, -0.25) is 0 Å². The number of carboxylic acid groups (broad SMARTS) is 1. The number of fused-ring (bicyclic) bond motifs is 1. The van der Waals surface area contributed by atoms with E-state index in [9.17, 15) is 9.90 Å². The van der Waals surface area contributed by atoms with Crippen molar-refractivity contribution in [2.45, 2.75) is 13.5 Å². The molecule has 0 unspecified atom stereocenters. The number of benzene rings is 1. The topological polar surface area (TPSA) is 68.0 Å². The number of aryl methyl sites for hydroxylation is 1. The second kappa shape index (κ2) is 5.29. The van der Waals surface area contributed by atoms with Crippen molar-refractivity contribution in [3.8, 4) is 0 Å². The summed E-state index contributed by atoms with van der Waals surface area (Å²) in [6.07, 6.45) is 1.64. The van der Waals surface area contributed by atoms with E-state index < -0.39 is 5.97 Å². The molecule has 2 aromatic heterocycles. The number of hydrogen-bond donors (Lipinski definition) is 1. The first-order valence-electron chi connectivity index (χ1n) is 6.36. The molecule has 0 amide bonds. The van der Waals surface area contributed by atoms with Crippen LogP contribution in [0.4, 0.5) is 0 Å². The van der Waals surface area contributed by atoms with Gasteiger partial charge in [0.05, 0.1) is 29.4 Å². The number of pyridine rings is 1. The Hall–Kier alpha value is -2.21. The summed E-state index contributed by atoms with van der Waals surface area (Å²) in [5.41, 5.74) is 2.44. The minimum Gasteiger partial charge on any atom is -0.478 e. The molecule has 1 aromatic carbocycles. The minimum absolute atomic E-state index is 0.182. The van der Waals surface area contributed by atoms with Crippen LogP contribution in [0.25, 0.3) is 11.0 Å². The Labute approximate surface area is 129 Å². The van der Waals surface area contributed by atoms with E-state index in [1.165, 1.54) is 0 Å². The van der Waals surface area contributed by atoms with Crippen LogP contribution in [0.3, 0.4) is 0 Å². The van der Waals surface area contributed by atoms with Crippen LogP contribution in [0.2, 0.25) is 0 Å². The molecule has 21 heavy (non-hydrogen) atoms. The zero-order valence-corrected chi connectivity index (χ0v) is 12.8. The van der Waals surface area contributed by atoms with Crippen LogP contribution in [-0.4, -0.2) is 25.8 Å². The van der Waals surface area contributed by atoms with Gasteiger partial charge in [0.1, 0.15) is 0 Å². The monoisotopic (exact) mass is 345 g/mol. The summed E-state index contributed by atoms with van der Waals surface area (Å²) < 4.78 is 2.30. The standard InChI is InChI=1S/C15H12BrN3O2/c1-9-12(15(20)21)13(16)11-7-17-19(14(11)18-9)8-10-5-3-2-4-6-10/h2-7H,8H2,1H3,(H,20,21). The van der Waals surface area contributed by atoms with Gasteiger partial charge in [0.15, 0.2) is 5.65 Å². The van der Waals surface area contributed by atoms with Crippen molar-refractivity contribution in [2.24, 2.45) is 0 Å². The van der Waals surface area contributed by atoms with Crippen molar-refractivity contribution in [3.63, 3.8) is 0 Å². The fourth-order valence-corrected chi connectivity index (χ4v) is 3.02. The lowest BCUT2D eigenvalue weighted by Crippen LogP contribution is -2.07. The molecule has 0 aliphatic heterocycles. The van der Waals surface area contributed by atoms with E-state index in [2.05, 4.69) is 26.0 Å². The molecule has 0 fully saturated rings. The van der Waals surface area contributed by atoms with E-state index >= 15 is 0 Å². The number of carboxylic acids is 1. The minimum atomic E-state index is -0.996. The molecule has 0 atom stereocenters. The van der Waals surface area contributed by atoms with Crippen molar-refractivity contribution in [1.82, 2.24) is 14.8 Å². The van der Waals surface area contributed by atoms with Crippen molar-refractivity contribution in [3.05, 3.63) is 57.8 Å². The maximum absolute atomic E-state index is 11.3. The van der Waals surface area contributed by atoms with E-state index in [4.69, 9.17) is 0 Å². The normalized spacial score (nSPS) is 11.0. The highest BCUT2D eigenvalue weighted by molar-refractivity contribution is 9.10. The molecule has 0 aliphatic carbocycles. The largest absolute Gasteiger partial charge is 0.478 e. The van der Waals surface area contributed by atoms with Gasteiger partial charge in [-0.2, -0.15) is 5.10 Å². The Bertz CT molecular complexity index is 828. The molecule has 0 aliphatic rings. The fraction of sp³-hybridized carbons (Fsp3) is 0.133. The summed E-state index contributed by atoms with van der Waals surface area (Å²) in [6.45, 7) is 2.28. The van der Waals surface area contributed by atoms with Crippen LogP contribution in [0.1, 0.15) is 21.6 Å². The Balaban J connectivity index is 2.13. The van der Waals surface area contributed by atoms with Gasteiger partial charge < -0.3 is 5.11 Å². The molecule has 6 heteroatoms. The zero-order chi connectivity index (χ0) is 15.0. The van der Waals surface area contributed by atoms with Crippen LogP contribution >= 0.6 is 15.9 Å². The number of rotatable bonds is 3. The third kappa shape index (κ3) is 2.42. The van der Waals surface area contributed by atoms with Gasteiger partial charge in [-0.05, 0) is 28.4 Å². The molecule has 3 rings (SSSR count). The smallest absolute Gasteiger partial charge is 0.338 e. The predicted octanol–water partition coefficient (Wildman–Crippen LogP) is 3.25. The molecule has 0 saturated carbocycles. The second-order valence-electron chi connectivity index (χ2n) is 4.72. The van der Waals surface area contributed by atoms with Gasteiger partial charge in [0.25, 0.3) is 0 Å². The van der Waals surface area contributed by atoms with Crippen molar-refractivity contribution in [2.75, 3.05) is 0 Å². The molecule has 2 heterocycles. The Morgan fingerprint density at radius 3 is 2.71 bits per heavy atom. The summed E-state index contributed by atoms with van der Waals surface area (Å²) in [5, 5.41) is 14.3. The van der Waals surface area contributed by atoms with Crippen LogP contribution in [0.15, 0.2) is 41.0 Å². The molecule has 0 saturated heterocycles. The van der Waals surface area contributed by atoms with Crippen LogP contribution in [0, 0.1) is 6.92 Å². The lowest BCUT2D eigenvalue weighted by atomic mass is 10.2. The first-order chi connectivity index (χ1) is 10.1. The summed E-state index contributed by atoms with van der Waals surface area (Å²) in [6, 6.07) is 9.93. The Morgan fingerprint density at radius 2 is 2.05 bits per heavy atom. The highest BCUT2D eigenvalue weighted by Gasteiger charge is 2.19. The van der Waals surface area contributed by atoms with Gasteiger partial charge >= 0.3 is 5.97 Å². The zero-order valence-electron chi connectivity index (χ0n) is 11.2. The lowest BCUT2D eigenvalue weighted by molar-refractivity contribution is 0.0695. The quantitative estimate of drug-likeness (QED) is 0.791. The maximum atomic E-state index is 11.3. The average Bonchev–Trinajstić information content (AvgIpc) is 2.83. The van der Waals surface area contributed by atoms with Gasteiger partial charge in [0, 0.05) is 4.47 Å². The maximum Gasteiger partial charge on any atom is 0.338 e. The van der Waals surface area contributed by atoms with E-state index in [0.717, 1.165) is 5.56 Å². The van der Waals surface area contributed by atoms with Gasteiger partial charge in [-0.1, -0.05) is 30.3 Å². The highest BCUT2D eigenvalue weighted by Crippen LogP contribution is 2.28. The molecule has 106 valence electrons. The highest BCUT2D eigenvalue weighted by atomic mass is 79.9. The third-order valence-electron chi connectivity index (χ3n) is 3.29. The molecule has 3 aromatic rings. The van der Waals surface area contributed by atoms with Gasteiger partial charge in [-0.25, -0.2) is 14.5 Å². The molecule has 0 radical (unpaired) electrons.